The van der Waals surface area contributed by atoms with Gasteiger partial charge in [0.05, 0.1) is 6.54 Å². The summed E-state index contributed by atoms with van der Waals surface area (Å²) in [5.41, 5.74) is 2.27. The molecule has 0 fully saturated rings. The van der Waals surface area contributed by atoms with Crippen LogP contribution in [0.3, 0.4) is 0 Å². The van der Waals surface area contributed by atoms with Crippen molar-refractivity contribution in [3.05, 3.63) is 59.7 Å². The first-order valence-corrected chi connectivity index (χ1v) is 9.65. The number of rotatable bonds is 9. The first-order chi connectivity index (χ1) is 12.9. The van der Waals surface area contributed by atoms with E-state index in [0.717, 1.165) is 17.1 Å². The Balaban J connectivity index is 1.83. The van der Waals surface area contributed by atoms with E-state index in [9.17, 15) is 4.79 Å². The Morgan fingerprint density at radius 2 is 1.37 bits per heavy atom. The number of carbonyl (C=O) groups excluding carboxylic acids is 1. The van der Waals surface area contributed by atoms with Gasteiger partial charge in [-0.15, -0.1) is 0 Å². The van der Waals surface area contributed by atoms with Gasteiger partial charge in [0.2, 0.25) is 0 Å². The molecule has 4 nitrogen and oxygen atoms in total. The minimum atomic E-state index is -0.562. The summed E-state index contributed by atoms with van der Waals surface area (Å²) in [5, 5.41) is 2.88. The van der Waals surface area contributed by atoms with Crippen molar-refractivity contribution in [3.63, 3.8) is 0 Å². The average Bonchev–Trinajstić information content (AvgIpc) is 2.65. The Bertz CT molecular complexity index is 740. The van der Waals surface area contributed by atoms with E-state index in [0.29, 0.717) is 25.0 Å². The molecule has 4 heteroatoms. The molecule has 1 N–H and O–H groups in total. The van der Waals surface area contributed by atoms with Crippen LogP contribution in [-0.2, 0) is 4.79 Å². The van der Waals surface area contributed by atoms with E-state index in [1.54, 1.807) is 6.92 Å². The summed E-state index contributed by atoms with van der Waals surface area (Å²) < 4.78 is 11.7. The maximum absolute atomic E-state index is 12.3. The molecule has 0 aliphatic carbocycles. The van der Waals surface area contributed by atoms with Crippen LogP contribution in [-0.4, -0.2) is 25.2 Å². The van der Waals surface area contributed by atoms with Crippen LogP contribution in [0.2, 0.25) is 0 Å². The standard InChI is InChI=1S/C23H31NO3/c1-16(2)19-10-6-8-12-21(19)26-15-14-24-23(25)18(5)27-22-13-9-7-11-20(22)17(3)4/h6-13,16-18H,14-15H2,1-5H3,(H,24,25). The second kappa shape index (κ2) is 10.0. The van der Waals surface area contributed by atoms with Crippen molar-refractivity contribution < 1.29 is 14.3 Å². The molecule has 0 heterocycles. The third kappa shape index (κ3) is 6.02. The SMILES string of the molecule is CC(Oc1ccccc1C(C)C)C(=O)NCCOc1ccccc1C(C)C. The van der Waals surface area contributed by atoms with Gasteiger partial charge >= 0.3 is 0 Å². The lowest BCUT2D eigenvalue weighted by atomic mass is 10.0. The summed E-state index contributed by atoms with van der Waals surface area (Å²) in [4.78, 5) is 12.3. The van der Waals surface area contributed by atoms with Gasteiger partial charge in [-0.3, -0.25) is 4.79 Å². The smallest absolute Gasteiger partial charge is 0.260 e. The maximum Gasteiger partial charge on any atom is 0.260 e. The molecule has 1 unspecified atom stereocenters. The van der Waals surface area contributed by atoms with Crippen LogP contribution in [0.15, 0.2) is 48.5 Å². The zero-order valence-electron chi connectivity index (χ0n) is 17.0. The van der Waals surface area contributed by atoms with Crippen LogP contribution >= 0.6 is 0 Å². The Kier molecular flexibility index (Phi) is 7.71. The van der Waals surface area contributed by atoms with Gasteiger partial charge in [0.25, 0.3) is 5.91 Å². The molecule has 0 spiro atoms. The fourth-order valence-corrected chi connectivity index (χ4v) is 2.88. The van der Waals surface area contributed by atoms with E-state index in [1.807, 2.05) is 42.5 Å². The number of hydrogen-bond donors (Lipinski definition) is 1. The minimum absolute atomic E-state index is 0.144. The number of carbonyl (C=O) groups is 1. The molecule has 0 saturated carbocycles. The lowest BCUT2D eigenvalue weighted by Crippen LogP contribution is -2.38. The second-order valence-corrected chi connectivity index (χ2v) is 7.28. The maximum atomic E-state index is 12.3. The highest BCUT2D eigenvalue weighted by Gasteiger charge is 2.17. The molecule has 1 amide bonds. The second-order valence-electron chi connectivity index (χ2n) is 7.28. The summed E-state index contributed by atoms with van der Waals surface area (Å²) in [6.45, 7) is 11.1. The van der Waals surface area contributed by atoms with Gasteiger partial charge in [0, 0.05) is 0 Å². The number of ether oxygens (including phenoxy) is 2. The van der Waals surface area contributed by atoms with Crippen LogP contribution in [0.1, 0.15) is 57.6 Å². The van der Waals surface area contributed by atoms with Crippen molar-refractivity contribution in [1.82, 2.24) is 5.32 Å². The molecule has 2 aromatic rings. The highest BCUT2D eigenvalue weighted by molar-refractivity contribution is 5.80. The van der Waals surface area contributed by atoms with Gasteiger partial charge < -0.3 is 14.8 Å². The molecule has 2 rings (SSSR count). The Morgan fingerprint density at radius 3 is 1.96 bits per heavy atom. The van der Waals surface area contributed by atoms with E-state index >= 15 is 0 Å². The molecule has 0 bridgehead atoms. The molecule has 2 aromatic carbocycles. The fourth-order valence-electron chi connectivity index (χ4n) is 2.88. The largest absolute Gasteiger partial charge is 0.491 e. The van der Waals surface area contributed by atoms with Gasteiger partial charge in [-0.25, -0.2) is 0 Å². The molecule has 146 valence electrons. The van der Waals surface area contributed by atoms with Crippen LogP contribution in [0.4, 0.5) is 0 Å². The summed E-state index contributed by atoms with van der Waals surface area (Å²) in [5.74, 6) is 2.22. The number of para-hydroxylation sites is 2. The lowest BCUT2D eigenvalue weighted by molar-refractivity contribution is -0.127. The molecule has 0 radical (unpaired) electrons. The van der Waals surface area contributed by atoms with Gasteiger partial charge in [0.1, 0.15) is 18.1 Å². The molecular formula is C23H31NO3. The summed E-state index contributed by atoms with van der Waals surface area (Å²) in [6.07, 6.45) is -0.562. The van der Waals surface area contributed by atoms with E-state index in [2.05, 4.69) is 39.1 Å². The van der Waals surface area contributed by atoms with E-state index < -0.39 is 6.10 Å². The van der Waals surface area contributed by atoms with Crippen LogP contribution in [0.25, 0.3) is 0 Å². The van der Waals surface area contributed by atoms with Crippen LogP contribution in [0, 0.1) is 0 Å². The van der Waals surface area contributed by atoms with Crippen molar-refractivity contribution in [2.45, 2.75) is 52.6 Å². The van der Waals surface area contributed by atoms with Crippen molar-refractivity contribution in [2.24, 2.45) is 0 Å². The van der Waals surface area contributed by atoms with E-state index in [1.165, 1.54) is 5.56 Å². The zero-order chi connectivity index (χ0) is 19.8. The highest BCUT2D eigenvalue weighted by atomic mass is 16.5. The van der Waals surface area contributed by atoms with E-state index in [-0.39, 0.29) is 5.91 Å². The van der Waals surface area contributed by atoms with Crippen molar-refractivity contribution in [1.29, 1.82) is 0 Å². The van der Waals surface area contributed by atoms with E-state index in [4.69, 9.17) is 9.47 Å². The van der Waals surface area contributed by atoms with Gasteiger partial charge in [-0.1, -0.05) is 64.1 Å². The number of nitrogens with one attached hydrogen (secondary N) is 1. The summed E-state index contributed by atoms with van der Waals surface area (Å²) in [7, 11) is 0. The third-order valence-corrected chi connectivity index (χ3v) is 4.41. The molecule has 0 aliphatic rings. The predicted molar refractivity (Wildman–Crippen MR) is 110 cm³/mol. The molecule has 27 heavy (non-hydrogen) atoms. The Labute approximate surface area is 162 Å². The average molecular weight is 370 g/mol. The normalized spacial score (nSPS) is 12.1. The Morgan fingerprint density at radius 1 is 0.852 bits per heavy atom. The molecule has 1 atom stereocenters. The lowest BCUT2D eigenvalue weighted by Gasteiger charge is -2.19. The fraction of sp³-hybridized carbons (Fsp3) is 0.435. The first kappa shape index (κ1) is 20.8. The monoisotopic (exact) mass is 369 g/mol. The Hall–Kier alpha value is -2.49. The molecular weight excluding hydrogens is 338 g/mol. The topological polar surface area (TPSA) is 47.6 Å². The highest BCUT2D eigenvalue weighted by Crippen LogP contribution is 2.27. The quantitative estimate of drug-likeness (QED) is 0.640. The van der Waals surface area contributed by atoms with Crippen molar-refractivity contribution in [2.75, 3.05) is 13.2 Å². The number of amides is 1. The number of hydrogen-bond acceptors (Lipinski definition) is 3. The number of benzene rings is 2. The van der Waals surface area contributed by atoms with Crippen LogP contribution in [0.5, 0.6) is 11.5 Å². The first-order valence-electron chi connectivity index (χ1n) is 9.65. The predicted octanol–water partition coefficient (Wildman–Crippen LogP) is 4.90. The minimum Gasteiger partial charge on any atom is -0.491 e. The third-order valence-electron chi connectivity index (χ3n) is 4.41. The summed E-state index contributed by atoms with van der Waals surface area (Å²) >= 11 is 0. The van der Waals surface area contributed by atoms with Gasteiger partial charge in [-0.2, -0.15) is 0 Å². The van der Waals surface area contributed by atoms with Crippen molar-refractivity contribution >= 4 is 5.91 Å². The summed E-state index contributed by atoms with van der Waals surface area (Å²) in [6, 6.07) is 15.9. The molecule has 0 aromatic heterocycles. The van der Waals surface area contributed by atoms with Crippen molar-refractivity contribution in [3.8, 4) is 11.5 Å². The van der Waals surface area contributed by atoms with Gasteiger partial charge in [-0.05, 0) is 42.0 Å². The van der Waals surface area contributed by atoms with Crippen LogP contribution < -0.4 is 14.8 Å². The zero-order valence-corrected chi connectivity index (χ0v) is 17.0. The van der Waals surface area contributed by atoms with Gasteiger partial charge in [0.15, 0.2) is 6.10 Å². The molecule has 0 aliphatic heterocycles. The molecule has 0 saturated heterocycles.